The summed E-state index contributed by atoms with van der Waals surface area (Å²) in [6.07, 6.45) is 4.35. The number of ether oxygens (including phenoxy) is 1. The van der Waals surface area contributed by atoms with Crippen LogP contribution in [0.2, 0.25) is 0 Å². The van der Waals surface area contributed by atoms with Gasteiger partial charge < -0.3 is 15.4 Å². The van der Waals surface area contributed by atoms with Crippen LogP contribution in [0.4, 0.5) is 4.79 Å². The summed E-state index contributed by atoms with van der Waals surface area (Å²) in [4.78, 5) is 11.8. The Balaban J connectivity index is 2.28. The van der Waals surface area contributed by atoms with Crippen molar-refractivity contribution in [1.82, 2.24) is 10.6 Å². The van der Waals surface area contributed by atoms with E-state index in [4.69, 9.17) is 4.74 Å². The van der Waals surface area contributed by atoms with E-state index in [9.17, 15) is 4.79 Å². The average molecular weight is 284 g/mol. The Morgan fingerprint density at radius 2 is 2.00 bits per heavy atom. The summed E-state index contributed by atoms with van der Waals surface area (Å²) in [7, 11) is 0. The van der Waals surface area contributed by atoms with Crippen molar-refractivity contribution in [3.05, 3.63) is 0 Å². The van der Waals surface area contributed by atoms with E-state index in [2.05, 4.69) is 24.5 Å². The Hall–Kier alpha value is -0.770. The molecule has 2 N–H and O–H groups in total. The van der Waals surface area contributed by atoms with Gasteiger partial charge in [-0.2, -0.15) is 0 Å². The molecule has 0 aliphatic heterocycles. The van der Waals surface area contributed by atoms with Crippen LogP contribution in [0.1, 0.15) is 60.3 Å². The van der Waals surface area contributed by atoms with Gasteiger partial charge in [0.25, 0.3) is 0 Å². The van der Waals surface area contributed by atoms with E-state index in [1.54, 1.807) is 0 Å². The molecule has 0 aromatic heterocycles. The van der Waals surface area contributed by atoms with Crippen LogP contribution in [-0.4, -0.2) is 30.8 Å². The van der Waals surface area contributed by atoms with Crippen molar-refractivity contribution >= 4 is 6.09 Å². The third-order valence-electron chi connectivity index (χ3n) is 3.61. The molecular weight excluding hydrogens is 252 g/mol. The van der Waals surface area contributed by atoms with Crippen molar-refractivity contribution in [1.29, 1.82) is 0 Å². The first-order valence-corrected chi connectivity index (χ1v) is 7.98. The molecule has 0 aromatic rings. The van der Waals surface area contributed by atoms with Gasteiger partial charge in [0, 0.05) is 6.04 Å². The third-order valence-corrected chi connectivity index (χ3v) is 3.61. The van der Waals surface area contributed by atoms with Crippen molar-refractivity contribution in [3.8, 4) is 0 Å². The van der Waals surface area contributed by atoms with E-state index in [1.807, 2.05) is 20.8 Å². The van der Waals surface area contributed by atoms with Crippen LogP contribution < -0.4 is 10.6 Å². The lowest BCUT2D eigenvalue weighted by molar-refractivity contribution is 0.0491. The maximum atomic E-state index is 11.8. The zero-order chi connectivity index (χ0) is 15.2. The molecule has 0 bridgehead atoms. The van der Waals surface area contributed by atoms with Gasteiger partial charge in [-0.3, -0.25) is 0 Å². The maximum absolute atomic E-state index is 11.8. The van der Waals surface area contributed by atoms with Crippen molar-refractivity contribution in [2.45, 2.75) is 71.9 Å². The van der Waals surface area contributed by atoms with E-state index < -0.39 is 5.60 Å². The topological polar surface area (TPSA) is 50.4 Å². The molecule has 0 spiro atoms. The number of rotatable bonds is 6. The smallest absolute Gasteiger partial charge is 0.407 e. The number of hydrogen-bond acceptors (Lipinski definition) is 3. The highest BCUT2D eigenvalue weighted by molar-refractivity contribution is 5.68. The largest absolute Gasteiger partial charge is 0.444 e. The number of nitrogens with one attached hydrogen (secondary N) is 2. The fraction of sp³-hybridized carbons (Fsp3) is 0.938. The summed E-state index contributed by atoms with van der Waals surface area (Å²) in [6.45, 7) is 12.2. The molecule has 0 saturated heterocycles. The Morgan fingerprint density at radius 3 is 2.60 bits per heavy atom. The van der Waals surface area contributed by atoms with Crippen LogP contribution in [-0.2, 0) is 4.74 Å². The molecule has 20 heavy (non-hydrogen) atoms. The number of hydrogen-bond donors (Lipinski definition) is 2. The minimum Gasteiger partial charge on any atom is -0.444 e. The summed E-state index contributed by atoms with van der Waals surface area (Å²) < 4.78 is 5.34. The van der Waals surface area contributed by atoms with Crippen LogP contribution in [0.25, 0.3) is 0 Å². The first kappa shape index (κ1) is 17.3. The molecule has 1 aliphatic rings. The minimum absolute atomic E-state index is 0.274. The van der Waals surface area contributed by atoms with Crippen molar-refractivity contribution in [2.24, 2.45) is 11.8 Å². The summed E-state index contributed by atoms with van der Waals surface area (Å²) in [5, 5.41) is 6.53. The predicted molar refractivity (Wildman–Crippen MR) is 82.8 cm³/mol. The Bertz CT molecular complexity index is 297. The molecule has 0 aromatic carbocycles. The number of amides is 1. The lowest BCUT2D eigenvalue weighted by Crippen LogP contribution is -2.41. The predicted octanol–water partition coefficient (Wildman–Crippen LogP) is 3.32. The number of carbonyl (C=O) groups is 1. The van der Waals surface area contributed by atoms with Crippen LogP contribution in [0.5, 0.6) is 0 Å². The van der Waals surface area contributed by atoms with Crippen LogP contribution in [0.15, 0.2) is 0 Å². The molecule has 0 heterocycles. The molecule has 1 rings (SSSR count). The summed E-state index contributed by atoms with van der Waals surface area (Å²) in [5.74, 6) is 1.27. The molecule has 118 valence electrons. The zero-order valence-electron chi connectivity index (χ0n) is 13.8. The Kier molecular flexibility index (Phi) is 6.80. The summed E-state index contributed by atoms with van der Waals surface area (Å²) >= 11 is 0. The highest BCUT2D eigenvalue weighted by Gasteiger charge is 2.29. The normalized spacial score (nSPS) is 23.1. The van der Waals surface area contributed by atoms with Crippen LogP contribution >= 0.6 is 0 Å². The SMILES string of the molecule is CC(C)CNCC[C@@H]1CCC[C@@H]1NC(=O)OC(C)(C)C. The third kappa shape index (κ3) is 7.13. The molecule has 1 amide bonds. The fourth-order valence-corrected chi connectivity index (χ4v) is 2.71. The van der Waals surface area contributed by atoms with Crippen LogP contribution in [0.3, 0.4) is 0 Å². The molecule has 0 radical (unpaired) electrons. The van der Waals surface area contributed by atoms with Gasteiger partial charge >= 0.3 is 6.09 Å². The lowest BCUT2D eigenvalue weighted by atomic mass is 9.99. The quantitative estimate of drug-likeness (QED) is 0.736. The lowest BCUT2D eigenvalue weighted by Gasteiger charge is -2.25. The fourth-order valence-electron chi connectivity index (χ4n) is 2.71. The van der Waals surface area contributed by atoms with E-state index in [0.29, 0.717) is 11.8 Å². The van der Waals surface area contributed by atoms with Gasteiger partial charge in [0.1, 0.15) is 5.60 Å². The summed E-state index contributed by atoms with van der Waals surface area (Å²) in [5.41, 5.74) is -0.420. The van der Waals surface area contributed by atoms with Crippen LogP contribution in [0, 0.1) is 11.8 Å². The van der Waals surface area contributed by atoms with Gasteiger partial charge in [0.2, 0.25) is 0 Å². The molecule has 1 fully saturated rings. The molecule has 4 nitrogen and oxygen atoms in total. The van der Waals surface area contributed by atoms with Crippen molar-refractivity contribution < 1.29 is 9.53 Å². The van der Waals surface area contributed by atoms with Crippen molar-refractivity contribution in [3.63, 3.8) is 0 Å². The van der Waals surface area contributed by atoms with Gasteiger partial charge in [-0.25, -0.2) is 4.79 Å². The Labute approximate surface area is 124 Å². The first-order chi connectivity index (χ1) is 9.28. The zero-order valence-corrected chi connectivity index (χ0v) is 13.8. The van der Waals surface area contributed by atoms with Gasteiger partial charge in [-0.15, -0.1) is 0 Å². The monoisotopic (exact) mass is 284 g/mol. The van der Waals surface area contributed by atoms with Crippen molar-refractivity contribution in [2.75, 3.05) is 13.1 Å². The molecule has 4 heteroatoms. The highest BCUT2D eigenvalue weighted by Crippen LogP contribution is 2.28. The minimum atomic E-state index is -0.420. The van der Waals surface area contributed by atoms with Gasteiger partial charge in [0.15, 0.2) is 0 Å². The van der Waals surface area contributed by atoms with E-state index in [0.717, 1.165) is 25.9 Å². The van der Waals surface area contributed by atoms with Gasteiger partial charge in [-0.05, 0) is 65.0 Å². The van der Waals surface area contributed by atoms with Gasteiger partial charge in [-0.1, -0.05) is 20.3 Å². The number of carbonyl (C=O) groups excluding carboxylic acids is 1. The summed E-state index contributed by atoms with van der Waals surface area (Å²) in [6, 6.07) is 0.283. The van der Waals surface area contributed by atoms with Gasteiger partial charge in [0.05, 0.1) is 0 Å². The second-order valence-electron chi connectivity index (χ2n) is 7.33. The molecule has 1 saturated carbocycles. The van der Waals surface area contributed by atoms with E-state index in [1.165, 1.54) is 12.8 Å². The second-order valence-corrected chi connectivity index (χ2v) is 7.33. The molecule has 0 unspecified atom stereocenters. The average Bonchev–Trinajstić information content (AvgIpc) is 2.69. The van der Waals surface area contributed by atoms with E-state index in [-0.39, 0.29) is 12.1 Å². The molecule has 2 atom stereocenters. The maximum Gasteiger partial charge on any atom is 0.407 e. The highest BCUT2D eigenvalue weighted by atomic mass is 16.6. The first-order valence-electron chi connectivity index (χ1n) is 7.98. The molecular formula is C16H32N2O2. The molecule has 1 aliphatic carbocycles. The standard InChI is InChI=1S/C16H32N2O2/c1-12(2)11-17-10-9-13-7-6-8-14(13)18-15(19)20-16(3,4)5/h12-14,17H,6-11H2,1-5H3,(H,18,19)/t13-,14-/m0/s1. The second kappa shape index (κ2) is 7.87. The van der Waals surface area contributed by atoms with E-state index >= 15 is 0 Å². The number of alkyl carbamates (subject to hydrolysis) is 1. The Morgan fingerprint density at radius 1 is 1.30 bits per heavy atom.